The van der Waals surface area contributed by atoms with Crippen LogP contribution in [-0.2, 0) is 6.42 Å². The van der Waals surface area contributed by atoms with E-state index >= 15 is 0 Å². The Balaban J connectivity index is 1.19. The number of aromatic nitrogens is 2. The fourth-order valence-electron chi connectivity index (χ4n) is 7.78. The zero-order valence-corrected chi connectivity index (χ0v) is 26.3. The summed E-state index contributed by atoms with van der Waals surface area (Å²) in [4.78, 5) is 0. The van der Waals surface area contributed by atoms with Crippen molar-refractivity contribution in [3.05, 3.63) is 175 Å². The number of hydrogen-bond acceptors (Lipinski definition) is 0. The Kier molecular flexibility index (Phi) is 5.95. The lowest BCUT2D eigenvalue weighted by atomic mass is 10.00. The van der Waals surface area contributed by atoms with Crippen LogP contribution in [-0.4, -0.2) is 9.13 Å². The highest BCUT2D eigenvalue weighted by Gasteiger charge is 2.24. The molecule has 0 bridgehead atoms. The lowest BCUT2D eigenvalue weighted by Gasteiger charge is -2.13. The molecule has 0 N–H and O–H groups in total. The van der Waals surface area contributed by atoms with Gasteiger partial charge in [-0.05, 0) is 106 Å². The van der Waals surface area contributed by atoms with E-state index in [2.05, 4.69) is 173 Å². The summed E-state index contributed by atoms with van der Waals surface area (Å²) in [6, 6.07) is 59.5. The van der Waals surface area contributed by atoms with E-state index in [4.69, 9.17) is 0 Å². The van der Waals surface area contributed by atoms with Gasteiger partial charge in [-0.3, -0.25) is 0 Å². The Hall–Kier alpha value is -6.30. The number of aryl methyl sites for hydroxylation is 1. The average molecular weight is 611 g/mol. The predicted octanol–water partition coefficient (Wildman–Crippen LogP) is 11.8. The summed E-state index contributed by atoms with van der Waals surface area (Å²) < 4.78 is 4.87. The second-order valence-electron chi connectivity index (χ2n) is 12.7. The second-order valence-corrected chi connectivity index (χ2v) is 12.7. The van der Waals surface area contributed by atoms with Crippen LogP contribution >= 0.6 is 0 Å². The minimum Gasteiger partial charge on any atom is -0.309 e. The number of nitrogens with zero attached hydrogens (tertiary/aromatic N) is 2. The van der Waals surface area contributed by atoms with Crippen molar-refractivity contribution in [1.82, 2.24) is 9.13 Å². The van der Waals surface area contributed by atoms with Gasteiger partial charge in [-0.15, -0.1) is 0 Å². The maximum Gasteiger partial charge on any atom is 0.0644 e. The molecule has 0 fully saturated rings. The zero-order chi connectivity index (χ0) is 31.6. The van der Waals surface area contributed by atoms with Gasteiger partial charge in [-0.1, -0.05) is 115 Å². The van der Waals surface area contributed by atoms with Gasteiger partial charge in [0.2, 0.25) is 0 Å². The van der Waals surface area contributed by atoms with Crippen LogP contribution in [0.15, 0.2) is 152 Å². The minimum atomic E-state index is 1.03. The summed E-state index contributed by atoms with van der Waals surface area (Å²) in [7, 11) is 0. The van der Waals surface area contributed by atoms with Crippen LogP contribution in [0.4, 0.5) is 0 Å². The first-order valence-corrected chi connectivity index (χ1v) is 16.7. The Morgan fingerprint density at radius 1 is 0.542 bits per heavy atom. The van der Waals surface area contributed by atoms with Crippen LogP contribution in [0.25, 0.3) is 83.2 Å². The summed E-state index contributed by atoms with van der Waals surface area (Å²) in [6.07, 6.45) is 6.72. The number of benzene rings is 6. The van der Waals surface area contributed by atoms with E-state index in [1.165, 1.54) is 66.1 Å². The van der Waals surface area contributed by atoms with E-state index in [0.717, 1.165) is 35.1 Å². The molecule has 7 aromatic carbocycles. The third kappa shape index (κ3) is 4.08. The van der Waals surface area contributed by atoms with Crippen molar-refractivity contribution in [2.24, 2.45) is 0 Å². The SMILES string of the molecule is c1ccc2c(c#1)c1c3c(ccc1n2-c1ccc(-c2ccccc2)cc1)c1c(n3-c2ccc(-c3ccc4ccccc4c3)cc2)C=CCC1. The lowest BCUT2D eigenvalue weighted by Crippen LogP contribution is -2.00. The monoisotopic (exact) mass is 610 g/mol. The molecule has 2 heteroatoms. The molecule has 1 aliphatic carbocycles. The smallest absolute Gasteiger partial charge is 0.0644 e. The molecular weight excluding hydrogens is 581 g/mol. The molecule has 224 valence electrons. The molecule has 0 atom stereocenters. The van der Waals surface area contributed by atoms with Crippen molar-refractivity contribution >= 4 is 49.6 Å². The summed E-state index contributed by atoms with van der Waals surface area (Å²) in [5, 5.41) is 6.15. The second kappa shape index (κ2) is 10.6. The largest absolute Gasteiger partial charge is 0.309 e. The fraction of sp³-hybridized carbons (Fsp3) is 0.0435. The van der Waals surface area contributed by atoms with E-state index in [1.807, 2.05) is 6.07 Å². The normalized spacial score (nSPS) is 12.6. The number of hydrogen-bond donors (Lipinski definition) is 0. The highest BCUT2D eigenvalue weighted by Crippen LogP contribution is 2.42. The van der Waals surface area contributed by atoms with Gasteiger partial charge in [-0.25, -0.2) is 0 Å². The van der Waals surface area contributed by atoms with E-state index in [0.29, 0.717) is 0 Å². The van der Waals surface area contributed by atoms with E-state index in [9.17, 15) is 0 Å². The standard InChI is InChI=1S/C46H30N2/c1-2-10-31(11-3-1)33-20-24-37(25-21-33)47-43-17-9-7-15-41(43)45-44(47)29-28-40-39-14-6-8-16-42(39)48(46(40)45)38-26-22-34(23-27-38)36-19-18-32-12-4-5-13-35(32)30-36/h1-5,8-13,16-30H,6,14H2. The molecule has 0 unspecified atom stereocenters. The first kappa shape index (κ1) is 26.9. The van der Waals surface area contributed by atoms with Gasteiger partial charge in [-0.2, -0.15) is 0 Å². The predicted molar refractivity (Wildman–Crippen MR) is 201 cm³/mol. The van der Waals surface area contributed by atoms with Gasteiger partial charge in [0.25, 0.3) is 0 Å². The Labute approximate surface area is 279 Å². The van der Waals surface area contributed by atoms with Crippen LogP contribution in [0, 0.1) is 12.1 Å². The maximum absolute atomic E-state index is 3.54. The van der Waals surface area contributed by atoms with Crippen LogP contribution in [0.1, 0.15) is 17.7 Å². The number of allylic oxidation sites excluding steroid dienone is 1. The summed E-state index contributed by atoms with van der Waals surface area (Å²) in [5.74, 6) is 0. The lowest BCUT2D eigenvalue weighted by molar-refractivity contribution is 0.968. The molecule has 1 aliphatic rings. The quantitative estimate of drug-likeness (QED) is 0.188. The van der Waals surface area contributed by atoms with E-state index in [1.54, 1.807) is 0 Å². The van der Waals surface area contributed by atoms with Gasteiger partial charge >= 0.3 is 0 Å². The van der Waals surface area contributed by atoms with Gasteiger partial charge in [0.15, 0.2) is 0 Å². The molecule has 9 aromatic rings. The summed E-state index contributed by atoms with van der Waals surface area (Å²) in [5.41, 5.74) is 13.4. The topological polar surface area (TPSA) is 9.86 Å². The highest BCUT2D eigenvalue weighted by atomic mass is 15.0. The first-order chi connectivity index (χ1) is 23.8. The van der Waals surface area contributed by atoms with Crippen molar-refractivity contribution < 1.29 is 0 Å². The molecule has 10 rings (SSSR count). The average Bonchev–Trinajstić information content (AvgIpc) is 3.68. The number of fused-ring (bicyclic) bond motifs is 8. The van der Waals surface area contributed by atoms with Crippen LogP contribution < -0.4 is 0 Å². The van der Waals surface area contributed by atoms with Gasteiger partial charge < -0.3 is 9.13 Å². The molecule has 0 aliphatic heterocycles. The van der Waals surface area contributed by atoms with Crippen molar-refractivity contribution in [3.8, 4) is 33.6 Å². The van der Waals surface area contributed by atoms with Gasteiger partial charge in [0, 0.05) is 27.8 Å². The summed E-state index contributed by atoms with van der Waals surface area (Å²) >= 11 is 0. The minimum absolute atomic E-state index is 1.03. The summed E-state index contributed by atoms with van der Waals surface area (Å²) in [6.45, 7) is 0. The van der Waals surface area contributed by atoms with Crippen molar-refractivity contribution in [1.29, 1.82) is 0 Å². The molecule has 0 radical (unpaired) electrons. The maximum atomic E-state index is 3.54. The molecule has 2 nitrogen and oxygen atoms in total. The number of rotatable bonds is 4. The van der Waals surface area contributed by atoms with Gasteiger partial charge in [0.05, 0.1) is 21.9 Å². The first-order valence-electron chi connectivity index (χ1n) is 16.7. The fourth-order valence-corrected chi connectivity index (χ4v) is 7.78. The Morgan fingerprint density at radius 2 is 1.23 bits per heavy atom. The van der Waals surface area contributed by atoms with Crippen LogP contribution in [0.2, 0.25) is 0 Å². The molecule has 0 amide bonds. The Morgan fingerprint density at radius 3 is 2.04 bits per heavy atom. The molecule has 0 spiro atoms. The third-order valence-electron chi connectivity index (χ3n) is 10.0. The highest BCUT2D eigenvalue weighted by molar-refractivity contribution is 6.21. The van der Waals surface area contributed by atoms with Gasteiger partial charge in [0.1, 0.15) is 0 Å². The molecule has 2 heterocycles. The third-order valence-corrected chi connectivity index (χ3v) is 10.0. The molecule has 0 saturated carbocycles. The molecule has 48 heavy (non-hydrogen) atoms. The van der Waals surface area contributed by atoms with Crippen molar-refractivity contribution in [3.63, 3.8) is 0 Å². The zero-order valence-electron chi connectivity index (χ0n) is 26.3. The molecule has 0 saturated heterocycles. The molecule has 2 aromatic heterocycles. The van der Waals surface area contributed by atoms with E-state index < -0.39 is 0 Å². The van der Waals surface area contributed by atoms with Crippen molar-refractivity contribution in [2.75, 3.05) is 0 Å². The van der Waals surface area contributed by atoms with Crippen LogP contribution in [0.5, 0.6) is 0 Å². The van der Waals surface area contributed by atoms with Crippen molar-refractivity contribution in [2.45, 2.75) is 12.8 Å². The van der Waals surface area contributed by atoms with Crippen LogP contribution in [0.3, 0.4) is 0 Å². The van der Waals surface area contributed by atoms with E-state index in [-0.39, 0.29) is 0 Å². The Bertz CT molecular complexity index is 2690. The molecular formula is C46H30N2.